The van der Waals surface area contributed by atoms with E-state index in [1.165, 1.54) is 0 Å². The van der Waals surface area contributed by atoms with Crippen molar-refractivity contribution in [3.05, 3.63) is 72.8 Å². The molecule has 0 spiro atoms. The quantitative estimate of drug-likeness (QED) is 0.524. The maximum atomic E-state index is 9.37. The summed E-state index contributed by atoms with van der Waals surface area (Å²) in [5.74, 6) is 0.195. The molecule has 0 fully saturated rings. The van der Waals surface area contributed by atoms with Gasteiger partial charge in [0.2, 0.25) is 0 Å². The fourth-order valence-corrected chi connectivity index (χ4v) is 1.00. The summed E-state index contributed by atoms with van der Waals surface area (Å²) in [4.78, 5) is 0. The summed E-state index contributed by atoms with van der Waals surface area (Å²) in [6, 6.07) is 0. The minimum absolute atomic E-state index is 0.195. The van der Waals surface area contributed by atoms with Crippen molar-refractivity contribution in [3.8, 4) is 0 Å². The van der Waals surface area contributed by atoms with Crippen molar-refractivity contribution >= 4 is 0 Å². The molecule has 0 aromatic rings. The molecule has 0 amide bonds. The first-order chi connectivity index (χ1) is 7.67. The van der Waals surface area contributed by atoms with Gasteiger partial charge in [0.05, 0.1) is 0 Å². The maximum absolute atomic E-state index is 9.37. The van der Waals surface area contributed by atoms with Gasteiger partial charge in [-0.1, -0.05) is 25.3 Å². The Morgan fingerprint density at radius 3 is 2.31 bits per heavy atom. The van der Waals surface area contributed by atoms with Crippen molar-refractivity contribution < 1.29 is 5.11 Å². The van der Waals surface area contributed by atoms with Gasteiger partial charge in [-0.3, -0.25) is 0 Å². The zero-order valence-electron chi connectivity index (χ0n) is 9.90. The Morgan fingerprint density at radius 1 is 1.19 bits per heavy atom. The fraction of sp³-hybridized carbons (Fsp3) is 0.143. The Morgan fingerprint density at radius 2 is 1.88 bits per heavy atom. The van der Waals surface area contributed by atoms with Gasteiger partial charge in [-0.25, -0.2) is 0 Å². The Labute approximate surface area is 97.7 Å². The molecule has 0 aromatic carbocycles. The SMILES string of the molecule is C=C/C=C(\C=C/C)N/C(C=C)=C/C(O)=C\C. The standard InChI is InChI=1S/C14H19NO/c1-5-9-13(10-6-2)15-12(7-3)11-14(16)8-4/h5-11,15-16H,1,3H2,2,4H3/b10-6-,12-11+,13-9+,14-8+. The van der Waals surface area contributed by atoms with Gasteiger partial charge >= 0.3 is 0 Å². The van der Waals surface area contributed by atoms with Crippen molar-refractivity contribution in [3.63, 3.8) is 0 Å². The molecule has 0 aliphatic rings. The third-order valence-electron chi connectivity index (χ3n) is 1.75. The molecule has 86 valence electrons. The van der Waals surface area contributed by atoms with Crippen LogP contribution in [0.15, 0.2) is 72.8 Å². The smallest absolute Gasteiger partial charge is 0.113 e. The molecule has 0 aliphatic heterocycles. The molecule has 0 atom stereocenters. The van der Waals surface area contributed by atoms with Crippen LogP contribution in [0.4, 0.5) is 0 Å². The first-order valence-electron chi connectivity index (χ1n) is 5.09. The molecule has 0 aromatic heterocycles. The van der Waals surface area contributed by atoms with Gasteiger partial charge in [0.15, 0.2) is 0 Å². The fourth-order valence-electron chi connectivity index (χ4n) is 1.00. The van der Waals surface area contributed by atoms with Crippen molar-refractivity contribution in [2.75, 3.05) is 0 Å². The number of aliphatic hydroxyl groups is 1. The summed E-state index contributed by atoms with van der Waals surface area (Å²) in [5.41, 5.74) is 1.61. The van der Waals surface area contributed by atoms with E-state index < -0.39 is 0 Å². The van der Waals surface area contributed by atoms with Gasteiger partial charge in [-0.05, 0) is 38.2 Å². The number of rotatable bonds is 6. The van der Waals surface area contributed by atoms with Crippen LogP contribution in [-0.2, 0) is 0 Å². The van der Waals surface area contributed by atoms with E-state index in [-0.39, 0.29) is 5.76 Å². The highest BCUT2D eigenvalue weighted by atomic mass is 16.3. The molecule has 0 radical (unpaired) electrons. The van der Waals surface area contributed by atoms with E-state index >= 15 is 0 Å². The average molecular weight is 217 g/mol. The molecule has 0 unspecified atom stereocenters. The van der Waals surface area contributed by atoms with Crippen LogP contribution in [0.1, 0.15) is 13.8 Å². The summed E-state index contributed by atoms with van der Waals surface area (Å²) in [6.45, 7) is 11.0. The van der Waals surface area contributed by atoms with Crippen LogP contribution in [0.3, 0.4) is 0 Å². The summed E-state index contributed by atoms with van der Waals surface area (Å²) >= 11 is 0. The lowest BCUT2D eigenvalue weighted by Crippen LogP contribution is -2.09. The van der Waals surface area contributed by atoms with Gasteiger partial charge in [-0.15, -0.1) is 0 Å². The minimum atomic E-state index is 0.195. The summed E-state index contributed by atoms with van der Waals surface area (Å²) < 4.78 is 0. The largest absolute Gasteiger partial charge is 0.508 e. The lowest BCUT2D eigenvalue weighted by atomic mass is 10.3. The molecule has 0 rings (SSSR count). The number of nitrogens with one attached hydrogen (secondary N) is 1. The molecule has 0 saturated carbocycles. The van der Waals surface area contributed by atoms with Crippen molar-refractivity contribution in [1.82, 2.24) is 5.32 Å². The molecule has 2 N–H and O–H groups in total. The normalized spacial score (nSPS) is 14.0. The van der Waals surface area contributed by atoms with E-state index in [1.54, 1.807) is 31.2 Å². The molecule has 0 saturated heterocycles. The second-order valence-corrected chi connectivity index (χ2v) is 3.00. The van der Waals surface area contributed by atoms with E-state index in [0.29, 0.717) is 0 Å². The second kappa shape index (κ2) is 8.36. The minimum Gasteiger partial charge on any atom is -0.508 e. The Kier molecular flexibility index (Phi) is 7.33. The van der Waals surface area contributed by atoms with Crippen molar-refractivity contribution in [1.29, 1.82) is 0 Å². The Bertz CT molecular complexity index is 357. The van der Waals surface area contributed by atoms with Crippen LogP contribution in [-0.4, -0.2) is 5.11 Å². The van der Waals surface area contributed by atoms with Crippen LogP contribution in [0, 0.1) is 0 Å². The predicted molar refractivity (Wildman–Crippen MR) is 70.9 cm³/mol. The molecule has 16 heavy (non-hydrogen) atoms. The molecule has 2 heteroatoms. The van der Waals surface area contributed by atoms with Gasteiger partial charge in [0, 0.05) is 17.5 Å². The summed E-state index contributed by atoms with van der Waals surface area (Å²) in [7, 11) is 0. The third-order valence-corrected chi connectivity index (χ3v) is 1.75. The Balaban J connectivity index is 4.89. The van der Waals surface area contributed by atoms with Crippen molar-refractivity contribution in [2.45, 2.75) is 13.8 Å². The average Bonchev–Trinajstić information content (AvgIpc) is 2.28. The lowest BCUT2D eigenvalue weighted by Gasteiger charge is -2.07. The number of hydrogen-bond acceptors (Lipinski definition) is 2. The summed E-state index contributed by atoms with van der Waals surface area (Å²) in [5, 5.41) is 12.5. The first kappa shape index (κ1) is 14.0. The van der Waals surface area contributed by atoms with E-state index in [4.69, 9.17) is 0 Å². The molecule has 0 bridgehead atoms. The topological polar surface area (TPSA) is 32.3 Å². The van der Waals surface area contributed by atoms with Crippen LogP contribution in [0.5, 0.6) is 0 Å². The van der Waals surface area contributed by atoms with E-state index in [9.17, 15) is 5.11 Å². The highest BCUT2D eigenvalue weighted by molar-refractivity contribution is 5.31. The highest BCUT2D eigenvalue weighted by Crippen LogP contribution is 2.03. The van der Waals surface area contributed by atoms with Crippen LogP contribution in [0.2, 0.25) is 0 Å². The number of allylic oxidation sites excluding steroid dienone is 7. The second-order valence-electron chi connectivity index (χ2n) is 3.00. The Hall–Kier alpha value is -1.96. The molecule has 0 aliphatic carbocycles. The van der Waals surface area contributed by atoms with Crippen LogP contribution >= 0.6 is 0 Å². The van der Waals surface area contributed by atoms with E-state index in [1.807, 2.05) is 25.2 Å². The van der Waals surface area contributed by atoms with Gasteiger partial charge < -0.3 is 10.4 Å². The monoisotopic (exact) mass is 217 g/mol. The van der Waals surface area contributed by atoms with Gasteiger partial charge in [-0.2, -0.15) is 0 Å². The molecular weight excluding hydrogens is 198 g/mol. The van der Waals surface area contributed by atoms with E-state index in [0.717, 1.165) is 11.4 Å². The molecule has 0 heterocycles. The highest BCUT2D eigenvalue weighted by Gasteiger charge is 1.94. The zero-order valence-corrected chi connectivity index (χ0v) is 9.90. The number of hydrogen-bond donors (Lipinski definition) is 2. The third kappa shape index (κ3) is 5.70. The van der Waals surface area contributed by atoms with E-state index in [2.05, 4.69) is 18.5 Å². The van der Waals surface area contributed by atoms with Crippen molar-refractivity contribution in [2.24, 2.45) is 0 Å². The summed E-state index contributed by atoms with van der Waals surface area (Å²) in [6.07, 6.45) is 12.2. The van der Waals surface area contributed by atoms with Crippen LogP contribution in [0.25, 0.3) is 0 Å². The number of aliphatic hydroxyl groups excluding tert-OH is 1. The predicted octanol–water partition coefficient (Wildman–Crippen LogP) is 3.75. The van der Waals surface area contributed by atoms with Gasteiger partial charge in [0.1, 0.15) is 5.76 Å². The zero-order chi connectivity index (χ0) is 12.4. The molecular formula is C14H19NO. The van der Waals surface area contributed by atoms with Crippen LogP contribution < -0.4 is 5.32 Å². The maximum Gasteiger partial charge on any atom is 0.113 e. The van der Waals surface area contributed by atoms with Gasteiger partial charge in [0.25, 0.3) is 0 Å². The first-order valence-corrected chi connectivity index (χ1v) is 5.09. The lowest BCUT2D eigenvalue weighted by molar-refractivity contribution is 0.430. The molecule has 2 nitrogen and oxygen atoms in total.